The normalized spacial score (nSPS) is 11.8. The maximum atomic E-state index is 14.6. The van der Waals surface area contributed by atoms with Crippen LogP contribution in [-0.4, -0.2) is 61.5 Å². The van der Waals surface area contributed by atoms with E-state index in [9.17, 15) is 17.6 Å². The van der Waals surface area contributed by atoms with Gasteiger partial charge in [0.2, 0.25) is 5.91 Å². The molecule has 5 heterocycles. The summed E-state index contributed by atoms with van der Waals surface area (Å²) in [5.74, 6) is -0.162. The van der Waals surface area contributed by atoms with Crippen molar-refractivity contribution in [2.24, 2.45) is 0 Å². The molecule has 0 aliphatic heterocycles. The number of H-pyrrole nitrogens is 2. The highest BCUT2D eigenvalue weighted by Crippen LogP contribution is 2.32. The van der Waals surface area contributed by atoms with Gasteiger partial charge in [-0.25, -0.2) is 17.8 Å². The SMILES string of the molecule is CCCCC(=O)Nc1cncc(-c2cc3c(-c4nc5c(-c6cc(F)cc(CCS(C)(=O)=O)c6)nccc5[nH]4)n[nH]c3cn2)c1. The van der Waals surface area contributed by atoms with Crippen LogP contribution in [0, 0.1) is 5.82 Å². The first-order valence-corrected chi connectivity index (χ1v) is 16.1. The molecular weight excluding hydrogens is 583 g/mol. The van der Waals surface area contributed by atoms with E-state index >= 15 is 0 Å². The van der Waals surface area contributed by atoms with Gasteiger partial charge in [0.15, 0.2) is 5.82 Å². The van der Waals surface area contributed by atoms with Crippen LogP contribution in [0.25, 0.3) is 56.0 Å². The fourth-order valence-electron chi connectivity index (χ4n) is 4.96. The van der Waals surface area contributed by atoms with Gasteiger partial charge in [-0.1, -0.05) is 13.3 Å². The fraction of sp³-hybridized carbons (Fsp3) is 0.226. The molecule has 0 fully saturated rings. The van der Waals surface area contributed by atoms with Crippen LogP contribution >= 0.6 is 0 Å². The molecule has 0 atom stereocenters. The number of pyridine rings is 3. The number of unbranched alkanes of at least 4 members (excludes halogenated alkanes) is 1. The highest BCUT2D eigenvalue weighted by Gasteiger charge is 2.18. The summed E-state index contributed by atoms with van der Waals surface area (Å²) in [4.78, 5) is 33.6. The van der Waals surface area contributed by atoms with Gasteiger partial charge in [0, 0.05) is 41.6 Å². The number of carbonyl (C=O) groups excluding carboxylic acids is 1. The number of hydrogen-bond acceptors (Lipinski definition) is 8. The lowest BCUT2D eigenvalue weighted by molar-refractivity contribution is -0.116. The van der Waals surface area contributed by atoms with Crippen molar-refractivity contribution in [3.05, 3.63) is 72.6 Å². The first-order valence-electron chi connectivity index (χ1n) is 14.1. The standard InChI is InChI=1S/C31H29FN8O3S/c1-3-4-5-27(41)36-22-13-20(15-33-16-22)25-14-23-26(17-35-25)39-40-29(23)31-37-24-6-8-34-28(30(24)38-31)19-10-18(11-21(32)12-19)7-9-44(2,42)43/h6,8,10-17H,3-5,7,9H2,1-2H3,(H,36,41)(H,37,38)(H,39,40). The lowest BCUT2D eigenvalue weighted by Gasteiger charge is -2.07. The van der Waals surface area contributed by atoms with E-state index in [1.807, 2.05) is 19.1 Å². The third-order valence-electron chi connectivity index (χ3n) is 7.14. The van der Waals surface area contributed by atoms with Crippen molar-refractivity contribution in [1.82, 2.24) is 35.1 Å². The second-order valence-electron chi connectivity index (χ2n) is 10.7. The monoisotopic (exact) mass is 612 g/mol. The number of nitrogens with one attached hydrogen (secondary N) is 3. The Morgan fingerprint density at radius 1 is 1.00 bits per heavy atom. The first-order chi connectivity index (χ1) is 21.2. The highest BCUT2D eigenvalue weighted by atomic mass is 32.2. The number of imidazole rings is 1. The Morgan fingerprint density at radius 3 is 2.68 bits per heavy atom. The van der Waals surface area contributed by atoms with Crippen LogP contribution in [0.1, 0.15) is 31.7 Å². The lowest BCUT2D eigenvalue weighted by Crippen LogP contribution is -2.11. The minimum absolute atomic E-state index is 0.0616. The van der Waals surface area contributed by atoms with Crippen molar-refractivity contribution in [3.63, 3.8) is 0 Å². The molecule has 0 aliphatic carbocycles. The molecule has 0 unspecified atom stereocenters. The Labute approximate surface area is 252 Å². The molecule has 0 radical (unpaired) electrons. The van der Waals surface area contributed by atoms with Crippen LogP contribution < -0.4 is 5.32 Å². The summed E-state index contributed by atoms with van der Waals surface area (Å²) in [5.41, 5.74) is 5.89. The summed E-state index contributed by atoms with van der Waals surface area (Å²) in [6, 6.07) is 9.90. The van der Waals surface area contributed by atoms with E-state index in [1.165, 1.54) is 12.1 Å². The van der Waals surface area contributed by atoms with E-state index in [4.69, 9.17) is 4.98 Å². The predicted molar refractivity (Wildman–Crippen MR) is 167 cm³/mol. The molecule has 0 saturated heterocycles. The van der Waals surface area contributed by atoms with E-state index in [0.29, 0.717) is 62.7 Å². The molecule has 6 rings (SSSR count). The van der Waals surface area contributed by atoms with Crippen molar-refractivity contribution in [2.75, 3.05) is 17.3 Å². The number of benzene rings is 1. The van der Waals surface area contributed by atoms with Gasteiger partial charge in [-0.2, -0.15) is 5.10 Å². The molecule has 44 heavy (non-hydrogen) atoms. The number of hydrogen-bond donors (Lipinski definition) is 3. The summed E-state index contributed by atoms with van der Waals surface area (Å²) in [6.45, 7) is 2.04. The molecule has 224 valence electrons. The molecule has 3 N–H and O–H groups in total. The molecule has 11 nitrogen and oxygen atoms in total. The number of halogens is 1. The summed E-state index contributed by atoms with van der Waals surface area (Å²) < 4.78 is 37.9. The first kappa shape index (κ1) is 29.1. The van der Waals surface area contributed by atoms with Gasteiger partial charge >= 0.3 is 0 Å². The van der Waals surface area contributed by atoms with Crippen LogP contribution in [0.5, 0.6) is 0 Å². The third-order valence-corrected chi connectivity index (χ3v) is 8.09. The van der Waals surface area contributed by atoms with Crippen LogP contribution in [-0.2, 0) is 21.1 Å². The summed E-state index contributed by atoms with van der Waals surface area (Å²) in [7, 11) is -3.21. The number of anilines is 1. The summed E-state index contributed by atoms with van der Waals surface area (Å²) in [6.07, 6.45) is 10.1. The zero-order valence-corrected chi connectivity index (χ0v) is 24.9. The molecule has 0 aliphatic rings. The zero-order chi connectivity index (χ0) is 30.8. The second kappa shape index (κ2) is 11.9. The van der Waals surface area contributed by atoms with E-state index < -0.39 is 15.7 Å². The maximum Gasteiger partial charge on any atom is 0.224 e. The van der Waals surface area contributed by atoms with Gasteiger partial charge in [0.05, 0.1) is 46.3 Å². The predicted octanol–water partition coefficient (Wildman–Crippen LogP) is 5.48. The molecule has 0 spiro atoms. The zero-order valence-electron chi connectivity index (χ0n) is 24.1. The third kappa shape index (κ3) is 6.32. The quantitative estimate of drug-likeness (QED) is 0.183. The lowest BCUT2D eigenvalue weighted by atomic mass is 10.0. The Kier molecular flexibility index (Phi) is 7.87. The average Bonchev–Trinajstić information content (AvgIpc) is 3.62. The van der Waals surface area contributed by atoms with Crippen LogP contribution in [0.3, 0.4) is 0 Å². The minimum Gasteiger partial charge on any atom is -0.336 e. The molecule has 1 aromatic carbocycles. The number of amides is 1. The second-order valence-corrected chi connectivity index (χ2v) is 12.9. The Hall–Kier alpha value is -5.04. The smallest absolute Gasteiger partial charge is 0.224 e. The molecule has 13 heteroatoms. The number of carbonyl (C=O) groups is 1. The molecule has 0 saturated carbocycles. The molecule has 6 aromatic rings. The number of sulfone groups is 1. The van der Waals surface area contributed by atoms with Crippen molar-refractivity contribution >= 4 is 43.4 Å². The van der Waals surface area contributed by atoms with E-state index in [2.05, 4.69) is 35.5 Å². The van der Waals surface area contributed by atoms with Crippen molar-refractivity contribution in [1.29, 1.82) is 0 Å². The molecular formula is C31H29FN8O3S. The average molecular weight is 613 g/mol. The molecule has 1 amide bonds. The summed E-state index contributed by atoms with van der Waals surface area (Å²) in [5, 5.41) is 11.1. The van der Waals surface area contributed by atoms with Crippen LogP contribution in [0.2, 0.25) is 0 Å². The number of nitrogens with zero attached hydrogens (tertiary/aromatic N) is 5. The Morgan fingerprint density at radius 2 is 1.86 bits per heavy atom. The van der Waals surface area contributed by atoms with Crippen LogP contribution in [0.4, 0.5) is 10.1 Å². The molecule has 5 aromatic heterocycles. The molecule has 0 bridgehead atoms. The number of rotatable bonds is 10. The van der Waals surface area contributed by atoms with Gasteiger partial charge in [-0.15, -0.1) is 0 Å². The largest absolute Gasteiger partial charge is 0.336 e. The van der Waals surface area contributed by atoms with Crippen LogP contribution in [0.15, 0.2) is 61.2 Å². The van der Waals surface area contributed by atoms with E-state index in [-0.39, 0.29) is 18.1 Å². The Balaban J connectivity index is 1.35. The van der Waals surface area contributed by atoms with E-state index in [1.54, 1.807) is 36.9 Å². The van der Waals surface area contributed by atoms with Gasteiger partial charge in [0.25, 0.3) is 0 Å². The highest BCUT2D eigenvalue weighted by molar-refractivity contribution is 7.90. The Bertz CT molecular complexity index is 2120. The maximum absolute atomic E-state index is 14.6. The fourth-order valence-corrected chi connectivity index (χ4v) is 5.56. The van der Waals surface area contributed by atoms with Crippen molar-refractivity contribution in [2.45, 2.75) is 32.6 Å². The van der Waals surface area contributed by atoms with E-state index in [0.717, 1.165) is 30.0 Å². The van der Waals surface area contributed by atoms with Gasteiger partial charge in [0.1, 0.15) is 26.9 Å². The van der Waals surface area contributed by atoms with Gasteiger partial charge in [-0.05, 0) is 54.8 Å². The summed E-state index contributed by atoms with van der Waals surface area (Å²) >= 11 is 0. The topological polar surface area (TPSA) is 159 Å². The van der Waals surface area contributed by atoms with Crippen molar-refractivity contribution < 1.29 is 17.6 Å². The van der Waals surface area contributed by atoms with Crippen molar-refractivity contribution in [3.8, 4) is 34.0 Å². The number of aromatic nitrogens is 7. The van der Waals surface area contributed by atoms with Gasteiger partial charge < -0.3 is 10.3 Å². The number of fused-ring (bicyclic) bond motifs is 2. The minimum atomic E-state index is -3.21. The number of aromatic amines is 2. The van der Waals surface area contributed by atoms with Gasteiger partial charge in [-0.3, -0.25) is 24.8 Å². The number of aryl methyl sites for hydroxylation is 1.